The highest BCUT2D eigenvalue weighted by atomic mass is 15.3. The molecular formula is C13H18N4. The molecule has 17 heavy (non-hydrogen) atoms. The van der Waals surface area contributed by atoms with Crippen LogP contribution in [-0.2, 0) is 0 Å². The van der Waals surface area contributed by atoms with Crippen LogP contribution in [0.1, 0.15) is 37.1 Å². The molecule has 0 bridgehead atoms. The maximum absolute atomic E-state index is 9.29. The average molecular weight is 230 g/mol. The van der Waals surface area contributed by atoms with Crippen LogP contribution >= 0.6 is 0 Å². The van der Waals surface area contributed by atoms with E-state index in [-0.39, 0.29) is 0 Å². The summed E-state index contributed by atoms with van der Waals surface area (Å²) in [5, 5.41) is 17.7. The van der Waals surface area contributed by atoms with Gasteiger partial charge in [0.1, 0.15) is 11.6 Å². The van der Waals surface area contributed by atoms with Gasteiger partial charge in [0, 0.05) is 12.6 Å². The standard InChI is InChI=1S/C13H18N4/c1-8-5-6-17(11(8)4)13-12(7-14)9(2)10(3)15-16-13/h8,11H,5-6H2,1-4H3. The number of hydrogen-bond donors (Lipinski definition) is 0. The van der Waals surface area contributed by atoms with E-state index in [1.165, 1.54) is 0 Å². The Kier molecular flexibility index (Phi) is 3.01. The molecule has 0 N–H and O–H groups in total. The van der Waals surface area contributed by atoms with Crippen LogP contribution in [-0.4, -0.2) is 22.8 Å². The van der Waals surface area contributed by atoms with Crippen LogP contribution in [0.15, 0.2) is 0 Å². The number of anilines is 1. The second-order valence-corrected chi connectivity index (χ2v) is 4.92. The molecule has 1 fully saturated rings. The van der Waals surface area contributed by atoms with Crippen molar-refractivity contribution in [1.82, 2.24) is 10.2 Å². The molecule has 1 aliphatic rings. The molecule has 1 aromatic rings. The first-order chi connectivity index (χ1) is 8.06. The van der Waals surface area contributed by atoms with Gasteiger partial charge in [0.15, 0.2) is 5.82 Å². The van der Waals surface area contributed by atoms with Gasteiger partial charge in [-0.2, -0.15) is 10.4 Å². The quantitative estimate of drug-likeness (QED) is 0.742. The van der Waals surface area contributed by atoms with E-state index < -0.39 is 0 Å². The summed E-state index contributed by atoms with van der Waals surface area (Å²) in [4.78, 5) is 2.21. The largest absolute Gasteiger partial charge is 0.351 e. The molecule has 2 unspecified atom stereocenters. The molecule has 1 aliphatic heterocycles. The number of nitrogens with zero attached hydrogens (tertiary/aromatic N) is 4. The maximum Gasteiger partial charge on any atom is 0.169 e. The van der Waals surface area contributed by atoms with Gasteiger partial charge in [0.2, 0.25) is 0 Å². The highest BCUT2D eigenvalue weighted by Crippen LogP contribution is 2.31. The third-order valence-electron chi connectivity index (χ3n) is 3.96. The zero-order valence-corrected chi connectivity index (χ0v) is 10.9. The molecule has 1 saturated heterocycles. The number of aryl methyl sites for hydroxylation is 1. The van der Waals surface area contributed by atoms with E-state index in [1.54, 1.807) is 0 Å². The van der Waals surface area contributed by atoms with Gasteiger partial charge in [0.05, 0.1) is 5.69 Å². The molecule has 2 rings (SSSR count). The highest BCUT2D eigenvalue weighted by molar-refractivity contribution is 5.58. The van der Waals surface area contributed by atoms with Crippen molar-refractivity contribution in [2.45, 2.75) is 40.2 Å². The van der Waals surface area contributed by atoms with Gasteiger partial charge in [-0.3, -0.25) is 0 Å². The van der Waals surface area contributed by atoms with Gasteiger partial charge in [-0.25, -0.2) is 0 Å². The Balaban J connectivity index is 2.47. The summed E-state index contributed by atoms with van der Waals surface area (Å²) in [7, 11) is 0. The number of nitriles is 1. The van der Waals surface area contributed by atoms with Gasteiger partial charge in [-0.05, 0) is 38.7 Å². The molecule has 0 spiro atoms. The van der Waals surface area contributed by atoms with Gasteiger partial charge >= 0.3 is 0 Å². The Labute approximate surface area is 102 Å². The van der Waals surface area contributed by atoms with Crippen molar-refractivity contribution in [1.29, 1.82) is 5.26 Å². The molecule has 0 amide bonds. The Morgan fingerprint density at radius 3 is 2.53 bits per heavy atom. The fourth-order valence-corrected chi connectivity index (χ4v) is 2.32. The van der Waals surface area contributed by atoms with Crippen molar-refractivity contribution < 1.29 is 0 Å². The second-order valence-electron chi connectivity index (χ2n) is 4.92. The minimum Gasteiger partial charge on any atom is -0.351 e. The third kappa shape index (κ3) is 1.86. The van der Waals surface area contributed by atoms with Gasteiger partial charge in [-0.15, -0.1) is 5.10 Å². The number of aromatic nitrogens is 2. The number of hydrogen-bond acceptors (Lipinski definition) is 4. The van der Waals surface area contributed by atoms with Crippen LogP contribution in [0.3, 0.4) is 0 Å². The lowest BCUT2D eigenvalue weighted by Gasteiger charge is -2.25. The Morgan fingerprint density at radius 1 is 1.29 bits per heavy atom. The normalized spacial score (nSPS) is 23.8. The zero-order valence-electron chi connectivity index (χ0n) is 10.9. The van der Waals surface area contributed by atoms with E-state index in [1.807, 2.05) is 13.8 Å². The summed E-state index contributed by atoms with van der Waals surface area (Å²) in [5.41, 5.74) is 2.47. The Bertz CT molecular complexity index is 475. The van der Waals surface area contributed by atoms with E-state index in [9.17, 15) is 5.26 Å². The molecule has 0 saturated carbocycles. The summed E-state index contributed by atoms with van der Waals surface area (Å²) in [5.74, 6) is 1.40. The average Bonchev–Trinajstić information content (AvgIpc) is 2.64. The number of rotatable bonds is 1. The molecule has 1 aromatic heterocycles. The van der Waals surface area contributed by atoms with Gasteiger partial charge < -0.3 is 4.90 Å². The van der Waals surface area contributed by atoms with E-state index in [0.29, 0.717) is 17.5 Å². The highest BCUT2D eigenvalue weighted by Gasteiger charge is 2.30. The smallest absolute Gasteiger partial charge is 0.169 e. The van der Waals surface area contributed by atoms with Crippen LogP contribution in [0.2, 0.25) is 0 Å². The fourth-order valence-electron chi connectivity index (χ4n) is 2.32. The van der Waals surface area contributed by atoms with Crippen LogP contribution in [0.5, 0.6) is 0 Å². The first kappa shape index (κ1) is 11.8. The summed E-state index contributed by atoms with van der Waals surface area (Å²) >= 11 is 0. The first-order valence-corrected chi connectivity index (χ1v) is 6.07. The monoisotopic (exact) mass is 230 g/mol. The topological polar surface area (TPSA) is 52.8 Å². The molecule has 2 heterocycles. The van der Waals surface area contributed by atoms with Gasteiger partial charge in [-0.1, -0.05) is 6.92 Å². The van der Waals surface area contributed by atoms with Crippen molar-refractivity contribution >= 4 is 5.82 Å². The minimum absolute atomic E-state index is 0.429. The van der Waals surface area contributed by atoms with Crippen LogP contribution in [0.4, 0.5) is 5.82 Å². The van der Waals surface area contributed by atoms with E-state index in [0.717, 1.165) is 30.0 Å². The van der Waals surface area contributed by atoms with Crippen molar-refractivity contribution in [3.05, 3.63) is 16.8 Å². The lowest BCUT2D eigenvalue weighted by Crippen LogP contribution is -2.31. The maximum atomic E-state index is 9.29. The summed E-state index contributed by atoms with van der Waals surface area (Å²) < 4.78 is 0. The summed E-state index contributed by atoms with van der Waals surface area (Å²) in [6, 6.07) is 2.70. The lowest BCUT2D eigenvalue weighted by molar-refractivity contribution is 0.543. The van der Waals surface area contributed by atoms with Crippen molar-refractivity contribution in [2.24, 2.45) is 5.92 Å². The molecule has 2 atom stereocenters. The summed E-state index contributed by atoms with van der Waals surface area (Å²) in [6.45, 7) is 9.23. The van der Waals surface area contributed by atoms with Gasteiger partial charge in [0.25, 0.3) is 0 Å². The van der Waals surface area contributed by atoms with Crippen molar-refractivity contribution in [3.8, 4) is 6.07 Å². The second kappa shape index (κ2) is 4.33. The third-order valence-corrected chi connectivity index (χ3v) is 3.96. The molecule has 4 nitrogen and oxygen atoms in total. The Morgan fingerprint density at radius 2 is 2.00 bits per heavy atom. The molecular weight excluding hydrogens is 212 g/mol. The predicted octanol–water partition coefficient (Wildman–Crippen LogP) is 2.20. The molecule has 0 aliphatic carbocycles. The molecule has 90 valence electrons. The van der Waals surface area contributed by atoms with Crippen LogP contribution in [0.25, 0.3) is 0 Å². The van der Waals surface area contributed by atoms with Crippen molar-refractivity contribution in [2.75, 3.05) is 11.4 Å². The van der Waals surface area contributed by atoms with E-state index in [4.69, 9.17) is 0 Å². The van der Waals surface area contributed by atoms with Crippen LogP contribution in [0, 0.1) is 31.1 Å². The fraction of sp³-hybridized carbons (Fsp3) is 0.615. The van der Waals surface area contributed by atoms with E-state index in [2.05, 4.69) is 35.0 Å². The van der Waals surface area contributed by atoms with Crippen molar-refractivity contribution in [3.63, 3.8) is 0 Å². The van der Waals surface area contributed by atoms with E-state index >= 15 is 0 Å². The minimum atomic E-state index is 0.429. The summed E-state index contributed by atoms with van der Waals surface area (Å²) in [6.07, 6.45) is 1.15. The zero-order chi connectivity index (χ0) is 12.6. The Hall–Kier alpha value is -1.63. The van der Waals surface area contributed by atoms with Crippen LogP contribution < -0.4 is 4.90 Å². The lowest BCUT2D eigenvalue weighted by atomic mass is 10.0. The molecule has 4 heteroatoms. The molecule has 0 aromatic carbocycles. The SMILES string of the molecule is Cc1nnc(N2CCC(C)C2C)c(C#N)c1C. The first-order valence-electron chi connectivity index (χ1n) is 6.07. The molecule has 0 radical (unpaired) electrons. The predicted molar refractivity (Wildman–Crippen MR) is 66.8 cm³/mol.